The van der Waals surface area contributed by atoms with Crippen molar-refractivity contribution >= 4 is 21.8 Å². The van der Waals surface area contributed by atoms with Crippen molar-refractivity contribution in [2.45, 2.75) is 23.8 Å². The summed E-state index contributed by atoms with van der Waals surface area (Å²) >= 11 is 1.85. The molecule has 0 aromatic heterocycles. The molecule has 0 spiro atoms. The minimum Gasteiger partial charge on any atom is -0.508 e. The Morgan fingerprint density at radius 2 is 2.00 bits per heavy atom. The summed E-state index contributed by atoms with van der Waals surface area (Å²) in [4.78, 5) is 0.121. The summed E-state index contributed by atoms with van der Waals surface area (Å²) in [5.41, 5.74) is 0. The van der Waals surface area contributed by atoms with Crippen LogP contribution in [0.2, 0.25) is 0 Å². The maximum Gasteiger partial charge on any atom is 0.240 e. The van der Waals surface area contributed by atoms with Gasteiger partial charge in [0.1, 0.15) is 5.75 Å². The molecule has 1 aliphatic heterocycles. The van der Waals surface area contributed by atoms with Crippen LogP contribution in [0.5, 0.6) is 5.75 Å². The summed E-state index contributed by atoms with van der Waals surface area (Å²) in [5.74, 6) is 1.95. The zero-order valence-corrected chi connectivity index (χ0v) is 10.9. The van der Waals surface area contributed by atoms with Crippen molar-refractivity contribution in [3.05, 3.63) is 24.3 Å². The molecule has 0 aliphatic carbocycles. The van der Waals surface area contributed by atoms with Gasteiger partial charge in [-0.25, -0.2) is 13.1 Å². The zero-order valence-electron chi connectivity index (χ0n) is 9.30. The molecule has 1 saturated heterocycles. The van der Waals surface area contributed by atoms with Crippen molar-refractivity contribution in [3.63, 3.8) is 0 Å². The van der Waals surface area contributed by atoms with Gasteiger partial charge in [0.05, 0.1) is 4.90 Å². The number of phenols is 1. The average molecular weight is 273 g/mol. The molecule has 1 aromatic carbocycles. The van der Waals surface area contributed by atoms with E-state index in [2.05, 4.69) is 4.72 Å². The van der Waals surface area contributed by atoms with Gasteiger partial charge < -0.3 is 5.11 Å². The van der Waals surface area contributed by atoms with Crippen LogP contribution in [0, 0.1) is 0 Å². The van der Waals surface area contributed by atoms with Gasteiger partial charge in [0.2, 0.25) is 10.0 Å². The van der Waals surface area contributed by atoms with Crippen LogP contribution in [-0.2, 0) is 10.0 Å². The van der Waals surface area contributed by atoms with Crippen LogP contribution in [0.15, 0.2) is 29.2 Å². The standard InChI is InChI=1S/C11H15NO3S2/c13-10-2-1-3-11(8-10)17(14,15)12-9-4-6-16-7-5-9/h1-3,8-9,12-13H,4-7H2. The van der Waals surface area contributed by atoms with Crippen molar-refractivity contribution in [1.29, 1.82) is 0 Å². The number of rotatable bonds is 3. The van der Waals surface area contributed by atoms with Gasteiger partial charge in [-0.3, -0.25) is 0 Å². The third-order valence-electron chi connectivity index (χ3n) is 2.67. The van der Waals surface area contributed by atoms with E-state index in [0.29, 0.717) is 0 Å². The number of hydrogen-bond donors (Lipinski definition) is 2. The first kappa shape index (κ1) is 12.7. The van der Waals surface area contributed by atoms with Crippen molar-refractivity contribution in [1.82, 2.24) is 4.72 Å². The molecule has 6 heteroatoms. The molecule has 0 unspecified atom stereocenters. The smallest absolute Gasteiger partial charge is 0.240 e. The van der Waals surface area contributed by atoms with E-state index < -0.39 is 10.0 Å². The first-order chi connectivity index (χ1) is 8.08. The average Bonchev–Trinajstić information content (AvgIpc) is 2.30. The van der Waals surface area contributed by atoms with Crippen LogP contribution in [-0.4, -0.2) is 31.1 Å². The van der Waals surface area contributed by atoms with Crippen LogP contribution in [0.4, 0.5) is 0 Å². The number of sulfonamides is 1. The molecule has 0 radical (unpaired) electrons. The van der Waals surface area contributed by atoms with Gasteiger partial charge in [-0.05, 0) is 42.5 Å². The Morgan fingerprint density at radius 3 is 2.65 bits per heavy atom. The van der Waals surface area contributed by atoms with E-state index in [1.165, 1.54) is 24.3 Å². The molecule has 2 N–H and O–H groups in total. The fourth-order valence-corrected chi connectivity index (χ4v) is 4.20. The van der Waals surface area contributed by atoms with Crippen LogP contribution in [0.3, 0.4) is 0 Å². The molecule has 94 valence electrons. The van der Waals surface area contributed by atoms with Crippen LogP contribution < -0.4 is 4.72 Å². The minimum absolute atomic E-state index is 0.0172. The zero-order chi connectivity index (χ0) is 12.3. The second kappa shape index (κ2) is 5.29. The van der Waals surface area contributed by atoms with Crippen molar-refractivity contribution in [3.8, 4) is 5.75 Å². The molecule has 17 heavy (non-hydrogen) atoms. The first-order valence-corrected chi connectivity index (χ1v) is 8.11. The number of aromatic hydroxyl groups is 1. The predicted octanol–water partition coefficient (Wildman–Crippen LogP) is 1.57. The fraction of sp³-hybridized carbons (Fsp3) is 0.455. The van der Waals surface area contributed by atoms with E-state index in [9.17, 15) is 13.5 Å². The molecule has 0 saturated carbocycles. The van der Waals surface area contributed by atoms with Gasteiger partial charge in [-0.15, -0.1) is 0 Å². The quantitative estimate of drug-likeness (QED) is 0.877. The summed E-state index contributed by atoms with van der Waals surface area (Å²) in [6.45, 7) is 0. The summed E-state index contributed by atoms with van der Waals surface area (Å²) in [7, 11) is -3.50. The Bertz CT molecular complexity index is 481. The van der Waals surface area contributed by atoms with Crippen molar-refractivity contribution in [2.75, 3.05) is 11.5 Å². The lowest BCUT2D eigenvalue weighted by Gasteiger charge is -2.22. The van der Waals surface area contributed by atoms with Crippen LogP contribution in [0.1, 0.15) is 12.8 Å². The lowest BCUT2D eigenvalue weighted by atomic mass is 10.2. The summed E-state index contributed by atoms with van der Waals surface area (Å²) < 4.78 is 26.7. The van der Waals surface area contributed by atoms with Gasteiger partial charge in [-0.1, -0.05) is 6.07 Å². The molecule has 1 aromatic rings. The van der Waals surface area contributed by atoms with E-state index in [4.69, 9.17) is 0 Å². The molecular weight excluding hydrogens is 258 g/mol. The normalized spacial score (nSPS) is 18.1. The minimum atomic E-state index is -3.50. The Balaban J connectivity index is 2.13. The van der Waals surface area contributed by atoms with E-state index in [-0.39, 0.29) is 16.7 Å². The van der Waals surface area contributed by atoms with Gasteiger partial charge in [0.15, 0.2) is 0 Å². The number of thioether (sulfide) groups is 1. The van der Waals surface area contributed by atoms with E-state index >= 15 is 0 Å². The Labute approximate surface area is 105 Å². The molecule has 0 amide bonds. The molecular formula is C11H15NO3S2. The molecule has 4 nitrogen and oxygen atoms in total. The van der Waals surface area contributed by atoms with Crippen molar-refractivity contribution in [2.24, 2.45) is 0 Å². The van der Waals surface area contributed by atoms with Crippen molar-refractivity contribution < 1.29 is 13.5 Å². The SMILES string of the molecule is O=S(=O)(NC1CCSCC1)c1cccc(O)c1. The van der Waals surface area contributed by atoms with Gasteiger partial charge >= 0.3 is 0 Å². The Kier molecular flexibility index (Phi) is 3.96. The van der Waals surface area contributed by atoms with E-state index in [1.807, 2.05) is 11.8 Å². The highest BCUT2D eigenvalue weighted by atomic mass is 32.2. The summed E-state index contributed by atoms with van der Waals surface area (Å²) in [6.07, 6.45) is 1.73. The van der Waals surface area contributed by atoms with E-state index in [1.54, 1.807) is 0 Å². The fourth-order valence-electron chi connectivity index (χ4n) is 1.75. The second-order valence-electron chi connectivity index (χ2n) is 4.01. The third kappa shape index (κ3) is 3.37. The topological polar surface area (TPSA) is 66.4 Å². The van der Waals surface area contributed by atoms with Crippen LogP contribution >= 0.6 is 11.8 Å². The van der Waals surface area contributed by atoms with Crippen LogP contribution in [0.25, 0.3) is 0 Å². The van der Waals surface area contributed by atoms with Gasteiger partial charge in [0.25, 0.3) is 0 Å². The van der Waals surface area contributed by atoms with Gasteiger partial charge in [-0.2, -0.15) is 11.8 Å². The molecule has 2 rings (SSSR count). The Morgan fingerprint density at radius 1 is 1.29 bits per heavy atom. The highest BCUT2D eigenvalue weighted by Gasteiger charge is 2.21. The summed E-state index contributed by atoms with van der Waals surface area (Å²) in [6, 6.07) is 5.75. The largest absolute Gasteiger partial charge is 0.508 e. The van der Waals surface area contributed by atoms with E-state index in [0.717, 1.165) is 24.3 Å². The number of benzene rings is 1. The lowest BCUT2D eigenvalue weighted by Crippen LogP contribution is -2.37. The summed E-state index contributed by atoms with van der Waals surface area (Å²) in [5, 5.41) is 9.29. The molecule has 1 heterocycles. The predicted molar refractivity (Wildman–Crippen MR) is 68.8 cm³/mol. The maximum atomic E-state index is 12.0. The highest BCUT2D eigenvalue weighted by Crippen LogP contribution is 2.20. The van der Waals surface area contributed by atoms with Gasteiger partial charge in [0, 0.05) is 6.04 Å². The second-order valence-corrected chi connectivity index (χ2v) is 6.94. The Hall–Kier alpha value is -0.720. The lowest BCUT2D eigenvalue weighted by molar-refractivity contribution is 0.472. The number of nitrogens with one attached hydrogen (secondary N) is 1. The molecule has 0 bridgehead atoms. The molecule has 1 fully saturated rings. The number of phenolic OH excluding ortho intramolecular Hbond substituents is 1. The molecule has 0 atom stereocenters. The first-order valence-electron chi connectivity index (χ1n) is 5.47. The third-order valence-corrected chi connectivity index (χ3v) is 5.24. The monoisotopic (exact) mass is 273 g/mol. The maximum absolute atomic E-state index is 12.0. The number of hydrogen-bond acceptors (Lipinski definition) is 4. The molecule has 1 aliphatic rings. The highest BCUT2D eigenvalue weighted by molar-refractivity contribution is 7.99.